The second kappa shape index (κ2) is 6.04. The third-order valence-electron chi connectivity index (χ3n) is 2.86. The number of amides is 1. The molecule has 0 radical (unpaired) electrons. The highest BCUT2D eigenvalue weighted by molar-refractivity contribution is 5.77. The molecule has 0 unspecified atom stereocenters. The molecule has 1 saturated heterocycles. The molecule has 0 spiro atoms. The number of rotatable bonds is 5. The van der Waals surface area contributed by atoms with E-state index in [9.17, 15) is 10.0 Å². The standard InChI is InChI=1S/C14H16N2O3/c1-2-8-16-13(11-19-14(16)17)10-15(18)9-12-6-4-3-5-7-12/h2-7,10,13H,1,8-9,11H2/b15-10-/t13-/m1/s1. The largest absolute Gasteiger partial charge is 0.624 e. The van der Waals surface area contributed by atoms with Gasteiger partial charge in [-0.3, -0.25) is 4.90 Å². The van der Waals surface area contributed by atoms with Gasteiger partial charge >= 0.3 is 6.09 Å². The summed E-state index contributed by atoms with van der Waals surface area (Å²) in [7, 11) is 0. The number of hydroxylamine groups is 1. The van der Waals surface area contributed by atoms with Crippen LogP contribution in [0.25, 0.3) is 0 Å². The second-order valence-electron chi connectivity index (χ2n) is 4.30. The molecule has 1 aromatic rings. The molecule has 5 heteroatoms. The van der Waals surface area contributed by atoms with E-state index in [-0.39, 0.29) is 19.2 Å². The molecule has 1 heterocycles. The molecular weight excluding hydrogens is 244 g/mol. The van der Waals surface area contributed by atoms with Crippen LogP contribution in [0.5, 0.6) is 0 Å². The zero-order valence-electron chi connectivity index (χ0n) is 10.6. The predicted octanol–water partition coefficient (Wildman–Crippen LogP) is 1.77. The van der Waals surface area contributed by atoms with Crippen LogP contribution < -0.4 is 0 Å². The quantitative estimate of drug-likeness (QED) is 0.266. The molecule has 1 aliphatic rings. The van der Waals surface area contributed by atoms with Gasteiger partial charge in [0.05, 0.1) is 0 Å². The maximum absolute atomic E-state index is 11.9. The highest BCUT2D eigenvalue weighted by Gasteiger charge is 2.33. The van der Waals surface area contributed by atoms with E-state index in [2.05, 4.69) is 6.58 Å². The summed E-state index contributed by atoms with van der Waals surface area (Å²) in [6.45, 7) is 4.43. The molecule has 1 amide bonds. The van der Waals surface area contributed by atoms with Gasteiger partial charge in [0.1, 0.15) is 12.6 Å². The Kier molecular flexibility index (Phi) is 4.18. The summed E-state index contributed by atoms with van der Waals surface area (Å²) in [6, 6.07) is 9.11. The molecule has 1 aromatic carbocycles. The Morgan fingerprint density at radius 3 is 2.89 bits per heavy atom. The zero-order chi connectivity index (χ0) is 13.7. The molecule has 0 N–H and O–H groups in total. The topological polar surface area (TPSA) is 55.6 Å². The van der Waals surface area contributed by atoms with E-state index in [1.165, 1.54) is 11.1 Å². The number of ether oxygens (including phenoxy) is 1. The summed E-state index contributed by atoms with van der Waals surface area (Å²) >= 11 is 0. The van der Waals surface area contributed by atoms with Gasteiger partial charge in [-0.1, -0.05) is 36.4 Å². The Balaban J connectivity index is 2.03. The van der Waals surface area contributed by atoms with E-state index >= 15 is 0 Å². The van der Waals surface area contributed by atoms with E-state index in [0.717, 1.165) is 10.3 Å². The molecule has 1 fully saturated rings. The lowest BCUT2D eigenvalue weighted by molar-refractivity contribution is -0.472. The maximum Gasteiger partial charge on any atom is 0.410 e. The van der Waals surface area contributed by atoms with Crippen LogP contribution >= 0.6 is 0 Å². The molecule has 2 rings (SSSR count). The Bertz CT molecular complexity index is 485. The van der Waals surface area contributed by atoms with Crippen molar-refractivity contribution < 1.29 is 14.3 Å². The number of benzene rings is 1. The predicted molar refractivity (Wildman–Crippen MR) is 71.9 cm³/mol. The molecule has 0 aromatic heterocycles. The third kappa shape index (κ3) is 3.34. The van der Waals surface area contributed by atoms with Gasteiger partial charge in [0.15, 0.2) is 12.8 Å². The van der Waals surface area contributed by atoms with Crippen molar-refractivity contribution in [3.05, 3.63) is 53.8 Å². The van der Waals surface area contributed by atoms with Gasteiger partial charge in [0.25, 0.3) is 0 Å². The summed E-state index contributed by atoms with van der Waals surface area (Å²) in [5.74, 6) is 0. The Morgan fingerprint density at radius 2 is 2.21 bits per heavy atom. The van der Waals surface area contributed by atoms with Crippen LogP contribution in [0.15, 0.2) is 43.0 Å². The summed E-state index contributed by atoms with van der Waals surface area (Å²) < 4.78 is 5.76. The van der Waals surface area contributed by atoms with Crippen molar-refractivity contribution in [2.24, 2.45) is 0 Å². The molecule has 5 nitrogen and oxygen atoms in total. The average molecular weight is 260 g/mol. The number of hydrogen-bond donors (Lipinski definition) is 0. The van der Waals surface area contributed by atoms with Gasteiger partial charge in [-0.2, -0.15) is 0 Å². The normalized spacial score (nSPS) is 19.4. The molecule has 19 heavy (non-hydrogen) atoms. The minimum Gasteiger partial charge on any atom is -0.624 e. The monoisotopic (exact) mass is 260 g/mol. The molecule has 0 bridgehead atoms. The molecule has 0 aliphatic carbocycles. The fourth-order valence-electron chi connectivity index (χ4n) is 1.95. The highest BCUT2D eigenvalue weighted by Crippen LogP contribution is 2.10. The highest BCUT2D eigenvalue weighted by atomic mass is 16.6. The number of hydrogen-bond acceptors (Lipinski definition) is 3. The first-order valence-corrected chi connectivity index (χ1v) is 6.07. The molecule has 1 atom stereocenters. The van der Waals surface area contributed by atoms with Gasteiger partial charge in [0, 0.05) is 12.1 Å². The summed E-state index contributed by atoms with van der Waals surface area (Å²) in [5.41, 5.74) is 0.925. The van der Waals surface area contributed by atoms with Gasteiger partial charge in [0.2, 0.25) is 0 Å². The Hall–Kier alpha value is -2.30. The van der Waals surface area contributed by atoms with Gasteiger partial charge < -0.3 is 9.94 Å². The van der Waals surface area contributed by atoms with Crippen molar-refractivity contribution in [3.8, 4) is 0 Å². The van der Waals surface area contributed by atoms with Crippen molar-refractivity contribution in [2.45, 2.75) is 12.6 Å². The first kappa shape index (κ1) is 13.1. The lowest BCUT2D eigenvalue weighted by atomic mass is 10.2. The summed E-state index contributed by atoms with van der Waals surface area (Å²) in [6.07, 6.45) is 2.68. The van der Waals surface area contributed by atoms with E-state index in [1.54, 1.807) is 6.08 Å². The van der Waals surface area contributed by atoms with Crippen molar-refractivity contribution in [2.75, 3.05) is 13.2 Å². The minimum atomic E-state index is -0.408. The first-order chi connectivity index (χ1) is 9.20. The fraction of sp³-hybridized carbons (Fsp3) is 0.286. The van der Waals surface area contributed by atoms with E-state index in [1.807, 2.05) is 30.3 Å². The first-order valence-electron chi connectivity index (χ1n) is 6.07. The SMILES string of the molecule is C=CCN1C(=O)OC[C@H]1/C=[N+](\[O-])Cc1ccccc1. The molecular formula is C14H16N2O3. The van der Waals surface area contributed by atoms with Crippen molar-refractivity contribution in [1.82, 2.24) is 4.90 Å². The fourth-order valence-corrected chi connectivity index (χ4v) is 1.95. The van der Waals surface area contributed by atoms with Crippen LogP contribution in [0.3, 0.4) is 0 Å². The summed E-state index contributed by atoms with van der Waals surface area (Å²) in [4.78, 5) is 12.9. The van der Waals surface area contributed by atoms with Crippen LogP contribution in [0.2, 0.25) is 0 Å². The second-order valence-corrected chi connectivity index (χ2v) is 4.30. The smallest absolute Gasteiger partial charge is 0.410 e. The minimum absolute atomic E-state index is 0.209. The van der Waals surface area contributed by atoms with Crippen LogP contribution in [-0.2, 0) is 11.3 Å². The van der Waals surface area contributed by atoms with Crippen molar-refractivity contribution >= 4 is 12.3 Å². The van der Waals surface area contributed by atoms with E-state index < -0.39 is 6.09 Å². The number of carbonyl (C=O) groups excluding carboxylic acids is 1. The molecule has 0 saturated carbocycles. The van der Waals surface area contributed by atoms with Gasteiger partial charge in [-0.25, -0.2) is 9.53 Å². The van der Waals surface area contributed by atoms with Gasteiger partial charge in [-0.05, 0) is 0 Å². The zero-order valence-corrected chi connectivity index (χ0v) is 10.6. The average Bonchev–Trinajstić information content (AvgIpc) is 2.73. The lowest BCUT2D eigenvalue weighted by Crippen LogP contribution is -2.36. The van der Waals surface area contributed by atoms with Crippen molar-refractivity contribution in [3.63, 3.8) is 0 Å². The molecule has 1 aliphatic heterocycles. The lowest BCUT2D eigenvalue weighted by Gasteiger charge is -2.15. The van der Waals surface area contributed by atoms with E-state index in [4.69, 9.17) is 4.74 Å². The Morgan fingerprint density at radius 1 is 1.47 bits per heavy atom. The molecule has 100 valence electrons. The number of carbonyl (C=O) groups is 1. The van der Waals surface area contributed by atoms with Crippen LogP contribution in [0, 0.1) is 5.21 Å². The van der Waals surface area contributed by atoms with Crippen molar-refractivity contribution in [1.29, 1.82) is 0 Å². The van der Waals surface area contributed by atoms with Crippen LogP contribution in [-0.4, -0.2) is 41.1 Å². The van der Waals surface area contributed by atoms with E-state index in [0.29, 0.717) is 6.54 Å². The number of cyclic esters (lactones) is 1. The van der Waals surface area contributed by atoms with Crippen LogP contribution in [0.1, 0.15) is 5.56 Å². The maximum atomic E-state index is 11.9. The third-order valence-corrected chi connectivity index (χ3v) is 2.86. The Labute approximate surface area is 112 Å². The number of nitrogens with zero attached hydrogens (tertiary/aromatic N) is 2. The summed E-state index contributed by atoms with van der Waals surface area (Å²) in [5, 5.41) is 11.9. The van der Waals surface area contributed by atoms with Crippen LogP contribution in [0.4, 0.5) is 4.79 Å². The van der Waals surface area contributed by atoms with Gasteiger partial charge in [-0.15, -0.1) is 6.58 Å².